The van der Waals surface area contributed by atoms with Crippen molar-refractivity contribution in [2.45, 2.75) is 44.7 Å². The molecule has 0 aromatic carbocycles. The van der Waals surface area contributed by atoms with Crippen LogP contribution in [0.4, 0.5) is 0 Å². The van der Waals surface area contributed by atoms with Crippen molar-refractivity contribution < 1.29 is 0 Å². The fourth-order valence-electron chi connectivity index (χ4n) is 2.15. The van der Waals surface area contributed by atoms with Gasteiger partial charge in [-0.1, -0.05) is 6.42 Å². The molecular formula is C12H23N3. The van der Waals surface area contributed by atoms with E-state index in [0.29, 0.717) is 0 Å². The van der Waals surface area contributed by atoms with Crippen LogP contribution in [0.25, 0.3) is 0 Å². The molecule has 0 amide bonds. The number of nitriles is 1. The summed E-state index contributed by atoms with van der Waals surface area (Å²) >= 11 is 0. The highest BCUT2D eigenvalue weighted by molar-refractivity contribution is 4.87. The molecule has 2 unspecified atom stereocenters. The topological polar surface area (TPSA) is 30.3 Å². The lowest BCUT2D eigenvalue weighted by Gasteiger charge is -2.33. The zero-order chi connectivity index (χ0) is 11.3. The van der Waals surface area contributed by atoms with E-state index in [1.54, 1.807) is 0 Å². The Kier molecular flexibility index (Phi) is 5.07. The fraction of sp³-hybridized carbons (Fsp3) is 0.917. The lowest BCUT2D eigenvalue weighted by atomic mass is 10.00. The fourth-order valence-corrected chi connectivity index (χ4v) is 2.15. The van der Waals surface area contributed by atoms with E-state index in [1.165, 1.54) is 32.2 Å². The predicted octanol–water partition coefficient (Wildman–Crippen LogP) is 1.70. The zero-order valence-electron chi connectivity index (χ0n) is 10.2. The molecule has 1 heterocycles. The molecule has 1 aliphatic rings. The van der Waals surface area contributed by atoms with Gasteiger partial charge in [-0.05, 0) is 46.8 Å². The van der Waals surface area contributed by atoms with Crippen LogP contribution in [0.15, 0.2) is 0 Å². The molecule has 0 bridgehead atoms. The van der Waals surface area contributed by atoms with Gasteiger partial charge in [-0.2, -0.15) is 5.26 Å². The summed E-state index contributed by atoms with van der Waals surface area (Å²) in [5, 5.41) is 8.79. The Morgan fingerprint density at radius 1 is 1.53 bits per heavy atom. The average molecular weight is 209 g/mol. The van der Waals surface area contributed by atoms with Gasteiger partial charge >= 0.3 is 0 Å². The van der Waals surface area contributed by atoms with Crippen molar-refractivity contribution in [2.24, 2.45) is 0 Å². The molecule has 86 valence electrons. The number of hydrogen-bond donors (Lipinski definition) is 0. The first-order valence-electron chi connectivity index (χ1n) is 5.95. The Labute approximate surface area is 93.7 Å². The van der Waals surface area contributed by atoms with E-state index in [-0.39, 0.29) is 6.04 Å². The van der Waals surface area contributed by atoms with E-state index in [4.69, 9.17) is 5.26 Å². The van der Waals surface area contributed by atoms with Crippen molar-refractivity contribution in [3.63, 3.8) is 0 Å². The van der Waals surface area contributed by atoms with Crippen LogP contribution in [0, 0.1) is 11.3 Å². The lowest BCUT2D eigenvalue weighted by Crippen LogP contribution is -2.39. The summed E-state index contributed by atoms with van der Waals surface area (Å²) in [4.78, 5) is 4.61. The molecule has 1 fully saturated rings. The molecule has 0 aromatic rings. The summed E-state index contributed by atoms with van der Waals surface area (Å²) in [6.07, 6.45) is 5.23. The third-order valence-electron chi connectivity index (χ3n) is 3.58. The van der Waals surface area contributed by atoms with Gasteiger partial charge in [0.15, 0.2) is 0 Å². The average Bonchev–Trinajstić information content (AvgIpc) is 2.26. The first kappa shape index (κ1) is 12.5. The van der Waals surface area contributed by atoms with Crippen LogP contribution in [-0.2, 0) is 0 Å². The van der Waals surface area contributed by atoms with Crippen LogP contribution < -0.4 is 0 Å². The van der Waals surface area contributed by atoms with Gasteiger partial charge in [-0.25, -0.2) is 0 Å². The highest BCUT2D eigenvalue weighted by Crippen LogP contribution is 2.18. The van der Waals surface area contributed by atoms with E-state index >= 15 is 0 Å². The van der Waals surface area contributed by atoms with Crippen molar-refractivity contribution in [3.8, 4) is 6.07 Å². The second-order valence-electron chi connectivity index (χ2n) is 4.70. The Balaban J connectivity index is 2.26. The summed E-state index contributed by atoms with van der Waals surface area (Å²) < 4.78 is 0. The first-order chi connectivity index (χ1) is 7.15. The van der Waals surface area contributed by atoms with E-state index in [1.807, 2.05) is 14.0 Å². The lowest BCUT2D eigenvalue weighted by molar-refractivity contribution is 0.157. The van der Waals surface area contributed by atoms with E-state index < -0.39 is 0 Å². The molecule has 15 heavy (non-hydrogen) atoms. The Morgan fingerprint density at radius 3 is 2.87 bits per heavy atom. The molecule has 0 aliphatic carbocycles. The minimum absolute atomic E-state index is 0.0406. The van der Waals surface area contributed by atoms with Gasteiger partial charge < -0.3 is 4.90 Å². The maximum absolute atomic E-state index is 8.79. The second kappa shape index (κ2) is 6.09. The van der Waals surface area contributed by atoms with Crippen LogP contribution in [0.1, 0.15) is 32.6 Å². The summed E-state index contributed by atoms with van der Waals surface area (Å²) in [5.74, 6) is 0. The van der Waals surface area contributed by atoms with Crippen molar-refractivity contribution in [3.05, 3.63) is 0 Å². The predicted molar refractivity (Wildman–Crippen MR) is 62.6 cm³/mol. The molecule has 0 N–H and O–H groups in total. The van der Waals surface area contributed by atoms with Crippen LogP contribution in [0.3, 0.4) is 0 Å². The molecule has 1 rings (SSSR count). The molecule has 0 saturated carbocycles. The molecule has 3 heteroatoms. The Bertz CT molecular complexity index is 221. The van der Waals surface area contributed by atoms with Gasteiger partial charge in [0.2, 0.25) is 0 Å². The monoisotopic (exact) mass is 209 g/mol. The van der Waals surface area contributed by atoms with Crippen LogP contribution in [-0.4, -0.2) is 49.1 Å². The minimum Gasteiger partial charge on any atom is -0.303 e. The summed E-state index contributed by atoms with van der Waals surface area (Å²) in [7, 11) is 4.26. The SMILES string of the molecule is CC(C#N)N(C)CCC1CCCCN1C. The third kappa shape index (κ3) is 3.81. The van der Waals surface area contributed by atoms with Gasteiger partial charge in [0.25, 0.3) is 0 Å². The number of likely N-dealkylation sites (tertiary alicyclic amines) is 1. The molecule has 2 atom stereocenters. The molecular weight excluding hydrogens is 186 g/mol. The number of hydrogen-bond acceptors (Lipinski definition) is 3. The number of piperidine rings is 1. The van der Waals surface area contributed by atoms with Gasteiger partial charge in [0, 0.05) is 12.6 Å². The highest BCUT2D eigenvalue weighted by Gasteiger charge is 2.19. The van der Waals surface area contributed by atoms with Gasteiger partial charge in [0.05, 0.1) is 12.1 Å². The number of rotatable bonds is 4. The van der Waals surface area contributed by atoms with Gasteiger partial charge in [-0.15, -0.1) is 0 Å². The van der Waals surface area contributed by atoms with E-state index in [0.717, 1.165) is 12.6 Å². The molecule has 0 aromatic heterocycles. The van der Waals surface area contributed by atoms with Crippen molar-refractivity contribution in [1.29, 1.82) is 5.26 Å². The summed E-state index contributed by atoms with van der Waals surface area (Å²) in [6, 6.07) is 3.05. The van der Waals surface area contributed by atoms with Crippen molar-refractivity contribution in [2.75, 3.05) is 27.2 Å². The molecule has 0 radical (unpaired) electrons. The largest absolute Gasteiger partial charge is 0.303 e. The molecule has 3 nitrogen and oxygen atoms in total. The summed E-state index contributed by atoms with van der Waals surface area (Å²) in [6.45, 7) is 4.23. The minimum atomic E-state index is 0.0406. The third-order valence-corrected chi connectivity index (χ3v) is 3.58. The molecule has 0 spiro atoms. The smallest absolute Gasteiger partial charge is 0.0946 e. The Morgan fingerprint density at radius 2 is 2.27 bits per heavy atom. The zero-order valence-corrected chi connectivity index (χ0v) is 10.2. The van der Waals surface area contributed by atoms with Crippen LogP contribution >= 0.6 is 0 Å². The van der Waals surface area contributed by atoms with E-state index in [2.05, 4.69) is 22.9 Å². The maximum Gasteiger partial charge on any atom is 0.0946 e. The normalized spacial score (nSPS) is 25.1. The summed E-state index contributed by atoms with van der Waals surface area (Å²) in [5.41, 5.74) is 0. The Hall–Kier alpha value is -0.590. The second-order valence-corrected chi connectivity index (χ2v) is 4.70. The van der Waals surface area contributed by atoms with Gasteiger partial charge in [-0.3, -0.25) is 4.90 Å². The highest BCUT2D eigenvalue weighted by atomic mass is 15.2. The van der Waals surface area contributed by atoms with Crippen LogP contribution in [0.2, 0.25) is 0 Å². The quantitative estimate of drug-likeness (QED) is 0.706. The van der Waals surface area contributed by atoms with Gasteiger partial charge in [0.1, 0.15) is 0 Å². The standard InChI is InChI=1S/C12H23N3/c1-11(10-13)14(2)9-7-12-6-4-5-8-15(12)3/h11-12H,4-9H2,1-3H3. The molecule has 1 saturated heterocycles. The van der Waals surface area contributed by atoms with Crippen LogP contribution in [0.5, 0.6) is 0 Å². The maximum atomic E-state index is 8.79. The van der Waals surface area contributed by atoms with E-state index in [9.17, 15) is 0 Å². The first-order valence-corrected chi connectivity index (χ1v) is 5.95. The number of nitrogens with zero attached hydrogens (tertiary/aromatic N) is 3. The molecule has 1 aliphatic heterocycles. The van der Waals surface area contributed by atoms with Crippen molar-refractivity contribution in [1.82, 2.24) is 9.80 Å². The van der Waals surface area contributed by atoms with Crippen molar-refractivity contribution >= 4 is 0 Å².